The van der Waals surface area contributed by atoms with Crippen LogP contribution in [0.5, 0.6) is 0 Å². The molecule has 1 fully saturated rings. The number of benzene rings is 1. The molecule has 1 N–H and O–H groups in total. The van der Waals surface area contributed by atoms with Gasteiger partial charge in [-0.25, -0.2) is 8.42 Å². The van der Waals surface area contributed by atoms with Gasteiger partial charge in [0.15, 0.2) is 0 Å². The van der Waals surface area contributed by atoms with Crippen LogP contribution in [0, 0.1) is 13.8 Å². The summed E-state index contributed by atoms with van der Waals surface area (Å²) in [7, 11) is 1.58. The van der Waals surface area contributed by atoms with Crippen molar-refractivity contribution in [2.24, 2.45) is 0 Å². The summed E-state index contributed by atoms with van der Waals surface area (Å²) in [4.78, 5) is 12.4. The van der Waals surface area contributed by atoms with E-state index in [1.807, 2.05) is 0 Å². The fraction of sp³-hybridized carbons (Fsp3) is 0.533. The number of carbonyl (C=O) groups excluding carboxylic acids is 1. The quantitative estimate of drug-likeness (QED) is 0.865. The van der Waals surface area contributed by atoms with E-state index in [9.17, 15) is 13.2 Å². The van der Waals surface area contributed by atoms with Crippen LogP contribution in [0.4, 0.5) is 0 Å². The first-order valence-corrected chi connectivity index (χ1v) is 9.47. The molecule has 0 saturated heterocycles. The summed E-state index contributed by atoms with van der Waals surface area (Å²) in [5.41, 5.74) is 1.69. The zero-order chi connectivity index (χ0) is 15.6. The lowest BCUT2D eigenvalue weighted by Gasteiger charge is -2.23. The predicted molar refractivity (Wildman–Crippen MR) is 83.3 cm³/mol. The molecule has 1 aliphatic carbocycles. The van der Waals surface area contributed by atoms with Crippen LogP contribution in [0.3, 0.4) is 0 Å². The Labute approximate surface area is 130 Å². The molecule has 2 rings (SSSR count). The van der Waals surface area contributed by atoms with Crippen LogP contribution in [0.25, 0.3) is 0 Å². The summed E-state index contributed by atoms with van der Waals surface area (Å²) in [5.74, 6) is -0.221. The lowest BCUT2D eigenvalue weighted by Crippen LogP contribution is -2.36. The summed E-state index contributed by atoms with van der Waals surface area (Å²) in [6.07, 6.45) is 5.43. The van der Waals surface area contributed by atoms with Gasteiger partial charge in [0.05, 0.1) is 4.90 Å². The first-order valence-electron chi connectivity index (χ1n) is 7.16. The Balaban J connectivity index is 2.28. The van der Waals surface area contributed by atoms with E-state index in [0.29, 0.717) is 11.1 Å². The Morgan fingerprint density at radius 3 is 2.33 bits per heavy atom. The van der Waals surface area contributed by atoms with Crippen LogP contribution in [0.2, 0.25) is 0 Å². The van der Waals surface area contributed by atoms with Crippen LogP contribution in [0.15, 0.2) is 17.0 Å². The van der Waals surface area contributed by atoms with Gasteiger partial charge >= 0.3 is 0 Å². The average molecular weight is 330 g/mol. The third-order valence-electron chi connectivity index (χ3n) is 3.97. The van der Waals surface area contributed by atoms with Crippen molar-refractivity contribution in [3.63, 3.8) is 0 Å². The Morgan fingerprint density at radius 1 is 1.14 bits per heavy atom. The Morgan fingerprint density at radius 2 is 1.76 bits per heavy atom. The molecular formula is C15H20ClNO3S. The summed E-state index contributed by atoms with van der Waals surface area (Å²) < 4.78 is 23.1. The van der Waals surface area contributed by atoms with Crippen LogP contribution >= 0.6 is 10.7 Å². The van der Waals surface area contributed by atoms with Crippen molar-refractivity contribution in [1.29, 1.82) is 0 Å². The molecule has 1 aromatic rings. The largest absolute Gasteiger partial charge is 0.349 e. The lowest BCUT2D eigenvalue weighted by molar-refractivity contribution is 0.0927. The van der Waals surface area contributed by atoms with Gasteiger partial charge in [0.25, 0.3) is 15.0 Å². The molecule has 0 bridgehead atoms. The first-order chi connectivity index (χ1) is 9.79. The molecule has 1 aliphatic rings. The molecule has 0 spiro atoms. The van der Waals surface area contributed by atoms with E-state index in [4.69, 9.17) is 10.7 Å². The molecule has 1 saturated carbocycles. The summed E-state index contributed by atoms with van der Waals surface area (Å²) in [6, 6.07) is 3.25. The number of aryl methyl sites for hydroxylation is 2. The van der Waals surface area contributed by atoms with Gasteiger partial charge in [-0.3, -0.25) is 4.79 Å². The van der Waals surface area contributed by atoms with E-state index in [0.717, 1.165) is 31.2 Å². The maximum absolute atomic E-state index is 12.4. The van der Waals surface area contributed by atoms with Gasteiger partial charge < -0.3 is 5.32 Å². The molecule has 0 aliphatic heterocycles. The maximum Gasteiger partial charge on any atom is 0.261 e. The predicted octanol–water partition coefficient (Wildman–Crippen LogP) is 3.29. The van der Waals surface area contributed by atoms with E-state index >= 15 is 0 Å². The zero-order valence-corrected chi connectivity index (χ0v) is 13.9. The van der Waals surface area contributed by atoms with Crippen molar-refractivity contribution in [2.45, 2.75) is 56.9 Å². The average Bonchev–Trinajstić information content (AvgIpc) is 2.38. The van der Waals surface area contributed by atoms with Crippen LogP contribution in [0.1, 0.15) is 53.6 Å². The molecule has 116 valence electrons. The fourth-order valence-electron chi connectivity index (χ4n) is 2.85. The summed E-state index contributed by atoms with van der Waals surface area (Å²) in [5, 5.41) is 3.00. The van der Waals surface area contributed by atoms with E-state index in [1.54, 1.807) is 19.9 Å². The lowest BCUT2D eigenvalue weighted by atomic mass is 9.95. The summed E-state index contributed by atoms with van der Waals surface area (Å²) in [6.45, 7) is 3.47. The molecule has 1 amide bonds. The van der Waals surface area contributed by atoms with Gasteiger partial charge in [0, 0.05) is 22.3 Å². The topological polar surface area (TPSA) is 63.2 Å². The van der Waals surface area contributed by atoms with Crippen LogP contribution < -0.4 is 5.32 Å². The van der Waals surface area contributed by atoms with Crippen molar-refractivity contribution in [3.05, 3.63) is 28.8 Å². The third kappa shape index (κ3) is 3.98. The molecular weight excluding hydrogens is 310 g/mol. The highest BCUT2D eigenvalue weighted by Gasteiger charge is 2.21. The molecule has 4 nitrogen and oxygen atoms in total. The van der Waals surface area contributed by atoms with Crippen molar-refractivity contribution in [2.75, 3.05) is 0 Å². The van der Waals surface area contributed by atoms with E-state index in [2.05, 4.69) is 5.32 Å². The highest BCUT2D eigenvalue weighted by atomic mass is 35.7. The minimum atomic E-state index is -3.85. The Hall–Kier alpha value is -1.07. The second-order valence-corrected chi connectivity index (χ2v) is 8.21. The molecule has 0 unspecified atom stereocenters. The fourth-order valence-corrected chi connectivity index (χ4v) is 4.05. The van der Waals surface area contributed by atoms with E-state index in [1.165, 1.54) is 12.5 Å². The molecule has 1 aromatic carbocycles. The normalized spacial score (nSPS) is 16.7. The van der Waals surface area contributed by atoms with Crippen LogP contribution in [-0.2, 0) is 9.05 Å². The van der Waals surface area contributed by atoms with E-state index in [-0.39, 0.29) is 16.8 Å². The minimum Gasteiger partial charge on any atom is -0.349 e. The van der Waals surface area contributed by atoms with Gasteiger partial charge in [0.1, 0.15) is 0 Å². The Kier molecular flexibility index (Phi) is 4.94. The van der Waals surface area contributed by atoms with Crippen molar-refractivity contribution in [1.82, 2.24) is 5.32 Å². The van der Waals surface area contributed by atoms with Gasteiger partial charge in [0.2, 0.25) is 0 Å². The SMILES string of the molecule is Cc1cc(C)c(S(=O)(=O)Cl)cc1C(=O)NC1CCCCC1. The van der Waals surface area contributed by atoms with E-state index < -0.39 is 9.05 Å². The molecule has 0 radical (unpaired) electrons. The summed E-state index contributed by atoms with van der Waals surface area (Å²) >= 11 is 0. The number of carbonyl (C=O) groups is 1. The monoisotopic (exact) mass is 329 g/mol. The van der Waals surface area contributed by atoms with Crippen molar-refractivity contribution >= 4 is 25.6 Å². The molecule has 6 heteroatoms. The minimum absolute atomic E-state index is 0.00330. The van der Waals surface area contributed by atoms with Gasteiger partial charge in [-0.2, -0.15) is 0 Å². The number of halogens is 1. The highest BCUT2D eigenvalue weighted by molar-refractivity contribution is 8.13. The molecule has 21 heavy (non-hydrogen) atoms. The first kappa shape index (κ1) is 16.3. The second kappa shape index (κ2) is 6.36. The van der Waals surface area contributed by atoms with Crippen molar-refractivity contribution in [3.8, 4) is 0 Å². The number of hydrogen-bond acceptors (Lipinski definition) is 3. The number of amides is 1. The number of rotatable bonds is 3. The second-order valence-electron chi connectivity index (χ2n) is 5.68. The zero-order valence-electron chi connectivity index (χ0n) is 12.3. The number of nitrogens with one attached hydrogen (secondary N) is 1. The molecule has 0 aromatic heterocycles. The third-order valence-corrected chi connectivity index (χ3v) is 5.43. The molecule has 0 atom stereocenters. The van der Waals surface area contributed by atoms with Gasteiger partial charge in [-0.15, -0.1) is 0 Å². The van der Waals surface area contributed by atoms with Crippen molar-refractivity contribution < 1.29 is 13.2 Å². The Bertz CT molecular complexity index is 649. The van der Waals surface area contributed by atoms with Gasteiger partial charge in [-0.1, -0.05) is 25.3 Å². The van der Waals surface area contributed by atoms with Crippen LogP contribution in [-0.4, -0.2) is 20.4 Å². The smallest absolute Gasteiger partial charge is 0.261 e. The van der Waals surface area contributed by atoms with Gasteiger partial charge in [-0.05, 0) is 43.9 Å². The molecule has 0 heterocycles. The maximum atomic E-state index is 12.4. The standard InChI is InChI=1S/C15H20ClNO3S/c1-10-8-11(2)14(21(16,19)20)9-13(10)15(18)17-12-6-4-3-5-7-12/h8-9,12H,3-7H2,1-2H3,(H,17,18). The number of hydrogen-bond donors (Lipinski definition) is 1. The highest BCUT2D eigenvalue weighted by Crippen LogP contribution is 2.24.